The van der Waals surface area contributed by atoms with Crippen LogP contribution in [0.15, 0.2) is 40.9 Å². The van der Waals surface area contributed by atoms with Gasteiger partial charge in [-0.25, -0.2) is 4.39 Å². The molecule has 0 heterocycles. The van der Waals surface area contributed by atoms with E-state index in [1.54, 1.807) is 12.1 Å². The summed E-state index contributed by atoms with van der Waals surface area (Å²) in [6.45, 7) is 0. The van der Waals surface area contributed by atoms with Crippen molar-refractivity contribution in [2.75, 3.05) is 11.1 Å². The lowest BCUT2D eigenvalue weighted by Gasteiger charge is -2.09. The van der Waals surface area contributed by atoms with E-state index in [9.17, 15) is 9.18 Å². The average Bonchev–Trinajstić information content (AvgIpc) is 2.32. The summed E-state index contributed by atoms with van der Waals surface area (Å²) in [4.78, 5) is 12.0. The Hall–Kier alpha value is -1.59. The minimum atomic E-state index is -0.594. The Balaban J connectivity index is 2.31. The lowest BCUT2D eigenvalue weighted by atomic mass is 10.2. The fraction of sp³-hybridized carbons (Fsp3) is 0. The van der Waals surface area contributed by atoms with Gasteiger partial charge >= 0.3 is 0 Å². The molecule has 3 nitrogen and oxygen atoms in total. The fourth-order valence-electron chi connectivity index (χ4n) is 1.55. The first-order valence-corrected chi connectivity index (χ1v) is 6.46. The van der Waals surface area contributed by atoms with E-state index in [0.29, 0.717) is 15.7 Å². The van der Waals surface area contributed by atoms with Crippen molar-refractivity contribution in [2.45, 2.75) is 0 Å². The number of carbonyl (C=O) groups is 1. The van der Waals surface area contributed by atoms with Crippen LogP contribution in [-0.2, 0) is 0 Å². The van der Waals surface area contributed by atoms with Crippen LogP contribution < -0.4 is 11.1 Å². The maximum Gasteiger partial charge on any atom is 0.255 e. The molecule has 19 heavy (non-hydrogen) atoms. The van der Waals surface area contributed by atoms with Crippen molar-refractivity contribution in [2.24, 2.45) is 0 Å². The number of anilines is 2. The first-order chi connectivity index (χ1) is 8.97. The summed E-state index contributed by atoms with van der Waals surface area (Å²) in [6, 6.07) is 8.92. The number of carbonyl (C=O) groups excluding carboxylic acids is 1. The first kappa shape index (κ1) is 13.8. The van der Waals surface area contributed by atoms with E-state index in [0.717, 1.165) is 0 Å². The molecular weight excluding hydrogens is 335 g/mol. The quantitative estimate of drug-likeness (QED) is 0.807. The van der Waals surface area contributed by atoms with E-state index in [4.69, 9.17) is 17.3 Å². The second-order valence-electron chi connectivity index (χ2n) is 3.82. The van der Waals surface area contributed by atoms with Gasteiger partial charge in [0.15, 0.2) is 0 Å². The predicted molar refractivity (Wildman–Crippen MR) is 77.9 cm³/mol. The molecule has 0 unspecified atom stereocenters. The Morgan fingerprint density at radius 2 is 2.05 bits per heavy atom. The van der Waals surface area contributed by atoms with Gasteiger partial charge in [0.05, 0.1) is 10.7 Å². The summed E-state index contributed by atoms with van der Waals surface area (Å²) >= 11 is 9.07. The lowest BCUT2D eigenvalue weighted by molar-refractivity contribution is 0.102. The SMILES string of the molecule is Nc1cc(Br)cc(C(=O)Nc2c(F)cccc2Cl)c1. The number of rotatable bonds is 2. The van der Waals surface area contributed by atoms with Crippen molar-refractivity contribution in [3.8, 4) is 0 Å². The minimum Gasteiger partial charge on any atom is -0.399 e. The van der Waals surface area contributed by atoms with E-state index >= 15 is 0 Å². The number of nitrogen functional groups attached to an aromatic ring is 1. The summed E-state index contributed by atoms with van der Waals surface area (Å²) < 4.78 is 14.2. The zero-order chi connectivity index (χ0) is 14.0. The molecule has 0 fully saturated rings. The number of hydrogen-bond acceptors (Lipinski definition) is 2. The van der Waals surface area contributed by atoms with Crippen LogP contribution in [0.2, 0.25) is 5.02 Å². The summed E-state index contributed by atoms with van der Waals surface area (Å²) in [6.07, 6.45) is 0. The van der Waals surface area contributed by atoms with Crippen molar-refractivity contribution in [3.63, 3.8) is 0 Å². The zero-order valence-electron chi connectivity index (χ0n) is 9.58. The van der Waals surface area contributed by atoms with Crippen molar-refractivity contribution >= 4 is 44.8 Å². The van der Waals surface area contributed by atoms with Crippen LogP contribution in [0.25, 0.3) is 0 Å². The molecule has 0 aliphatic carbocycles. The number of benzene rings is 2. The summed E-state index contributed by atoms with van der Waals surface area (Å²) in [5.41, 5.74) is 6.33. The van der Waals surface area contributed by atoms with Gasteiger partial charge in [-0.15, -0.1) is 0 Å². The number of nitrogens with two attached hydrogens (primary N) is 1. The number of amides is 1. The van der Waals surface area contributed by atoms with Crippen LogP contribution in [0.3, 0.4) is 0 Å². The van der Waals surface area contributed by atoms with E-state index in [1.165, 1.54) is 24.3 Å². The topological polar surface area (TPSA) is 55.1 Å². The average molecular weight is 344 g/mol. The van der Waals surface area contributed by atoms with Gasteiger partial charge in [-0.3, -0.25) is 4.79 Å². The number of halogens is 3. The van der Waals surface area contributed by atoms with Gasteiger partial charge in [-0.05, 0) is 30.3 Å². The highest BCUT2D eigenvalue weighted by molar-refractivity contribution is 9.10. The molecule has 0 spiro atoms. The van der Waals surface area contributed by atoms with Gasteiger partial charge in [0.2, 0.25) is 0 Å². The molecule has 0 aliphatic rings. The molecule has 0 radical (unpaired) electrons. The van der Waals surface area contributed by atoms with E-state index in [2.05, 4.69) is 21.2 Å². The van der Waals surface area contributed by atoms with Crippen molar-refractivity contribution in [3.05, 3.63) is 57.3 Å². The monoisotopic (exact) mass is 342 g/mol. The van der Waals surface area contributed by atoms with E-state index in [-0.39, 0.29) is 10.7 Å². The molecule has 0 saturated carbocycles. The van der Waals surface area contributed by atoms with Gasteiger partial charge in [0, 0.05) is 15.7 Å². The van der Waals surface area contributed by atoms with Gasteiger partial charge in [-0.1, -0.05) is 33.6 Å². The van der Waals surface area contributed by atoms with Crippen molar-refractivity contribution < 1.29 is 9.18 Å². The van der Waals surface area contributed by atoms with Crippen molar-refractivity contribution in [1.82, 2.24) is 0 Å². The fourth-order valence-corrected chi connectivity index (χ4v) is 2.27. The standard InChI is InChI=1S/C13H9BrClFN2O/c14-8-4-7(5-9(17)6-8)13(19)18-12-10(15)2-1-3-11(12)16/h1-6H,17H2,(H,18,19). The maximum atomic E-state index is 13.6. The highest BCUT2D eigenvalue weighted by Crippen LogP contribution is 2.26. The summed E-state index contributed by atoms with van der Waals surface area (Å²) in [5.74, 6) is -1.08. The van der Waals surface area contributed by atoms with E-state index < -0.39 is 11.7 Å². The molecule has 0 aromatic heterocycles. The minimum absolute atomic E-state index is 0.0484. The Bertz CT molecular complexity index is 608. The van der Waals surface area contributed by atoms with Gasteiger partial charge < -0.3 is 11.1 Å². The second-order valence-corrected chi connectivity index (χ2v) is 5.15. The molecular formula is C13H9BrClFN2O. The Morgan fingerprint density at radius 1 is 1.32 bits per heavy atom. The maximum absolute atomic E-state index is 13.6. The van der Waals surface area contributed by atoms with Crippen LogP contribution in [0, 0.1) is 5.82 Å². The molecule has 2 aromatic rings. The van der Waals surface area contributed by atoms with Gasteiger partial charge in [0.1, 0.15) is 5.82 Å². The highest BCUT2D eigenvalue weighted by atomic mass is 79.9. The Kier molecular flexibility index (Phi) is 4.07. The zero-order valence-corrected chi connectivity index (χ0v) is 11.9. The number of hydrogen-bond donors (Lipinski definition) is 2. The number of para-hydroxylation sites is 1. The third kappa shape index (κ3) is 3.24. The van der Waals surface area contributed by atoms with Crippen LogP contribution in [0.4, 0.5) is 15.8 Å². The van der Waals surface area contributed by atoms with Crippen molar-refractivity contribution in [1.29, 1.82) is 0 Å². The molecule has 1 amide bonds. The van der Waals surface area contributed by atoms with Crippen LogP contribution in [0.5, 0.6) is 0 Å². The van der Waals surface area contributed by atoms with E-state index in [1.807, 2.05) is 0 Å². The second kappa shape index (κ2) is 5.59. The molecule has 0 bridgehead atoms. The molecule has 0 saturated heterocycles. The smallest absolute Gasteiger partial charge is 0.255 e. The molecule has 98 valence electrons. The molecule has 2 rings (SSSR count). The largest absolute Gasteiger partial charge is 0.399 e. The summed E-state index contributed by atoms with van der Waals surface area (Å²) in [5, 5.41) is 2.56. The Labute approximate surface area is 122 Å². The third-order valence-corrected chi connectivity index (χ3v) is 3.16. The van der Waals surface area contributed by atoms with Crippen LogP contribution in [-0.4, -0.2) is 5.91 Å². The predicted octanol–water partition coefficient (Wildman–Crippen LogP) is 4.08. The lowest BCUT2D eigenvalue weighted by Crippen LogP contribution is -2.13. The normalized spacial score (nSPS) is 10.3. The van der Waals surface area contributed by atoms with Crippen LogP contribution >= 0.6 is 27.5 Å². The third-order valence-electron chi connectivity index (χ3n) is 2.38. The van der Waals surface area contributed by atoms with Gasteiger partial charge in [-0.2, -0.15) is 0 Å². The summed E-state index contributed by atoms with van der Waals surface area (Å²) in [7, 11) is 0. The molecule has 0 aliphatic heterocycles. The molecule has 3 N–H and O–H groups in total. The van der Waals surface area contributed by atoms with Crippen LogP contribution in [0.1, 0.15) is 10.4 Å². The first-order valence-electron chi connectivity index (χ1n) is 5.29. The molecule has 6 heteroatoms. The van der Waals surface area contributed by atoms with Gasteiger partial charge in [0.25, 0.3) is 5.91 Å². The Morgan fingerprint density at radius 3 is 2.68 bits per heavy atom. The molecule has 2 aromatic carbocycles. The molecule has 0 atom stereocenters. The number of nitrogens with one attached hydrogen (secondary N) is 1. The highest BCUT2D eigenvalue weighted by Gasteiger charge is 2.13.